The first-order valence-corrected chi connectivity index (χ1v) is 16.8. The summed E-state index contributed by atoms with van der Waals surface area (Å²) in [7, 11) is 0. The van der Waals surface area contributed by atoms with Crippen LogP contribution in [0.2, 0.25) is 0 Å². The van der Waals surface area contributed by atoms with Crippen LogP contribution in [0.25, 0.3) is 11.3 Å². The Kier molecular flexibility index (Phi) is 10.9. The van der Waals surface area contributed by atoms with Crippen molar-refractivity contribution < 1.29 is 38.6 Å². The van der Waals surface area contributed by atoms with Gasteiger partial charge in [-0.2, -0.15) is 0 Å². The fourth-order valence-electron chi connectivity index (χ4n) is 5.85. The van der Waals surface area contributed by atoms with E-state index in [9.17, 15) is 38.7 Å². The molecule has 3 unspecified atom stereocenters. The second-order valence-electron chi connectivity index (χ2n) is 12.0. The zero-order valence-electron chi connectivity index (χ0n) is 27.9. The number of anilines is 1. The summed E-state index contributed by atoms with van der Waals surface area (Å²) in [6.07, 6.45) is 0. The van der Waals surface area contributed by atoms with Crippen LogP contribution in [0.3, 0.4) is 0 Å². The van der Waals surface area contributed by atoms with Gasteiger partial charge in [0.05, 0.1) is 18.3 Å². The normalized spacial score (nSPS) is 17.8. The number of nitrogens with one attached hydrogen (secondary N) is 1. The quantitative estimate of drug-likeness (QED) is 0.164. The number of aliphatic carboxylic acids is 1. The number of thioether (sulfide) groups is 1. The number of nitrogens with zero attached hydrogens (tertiary/aromatic N) is 3. The summed E-state index contributed by atoms with van der Waals surface area (Å²) in [6, 6.07) is 14.7. The van der Waals surface area contributed by atoms with E-state index in [4.69, 9.17) is 16.2 Å². The number of rotatable bonds is 11. The smallest absolute Gasteiger partial charge is 0.352 e. The van der Waals surface area contributed by atoms with Crippen LogP contribution in [-0.2, 0) is 40.0 Å². The maximum absolute atomic E-state index is 14.0. The summed E-state index contributed by atoms with van der Waals surface area (Å²) < 4.78 is 5.01. The topological polar surface area (TPSA) is 226 Å². The minimum Gasteiger partial charge on any atom is -0.477 e. The van der Waals surface area contributed by atoms with Gasteiger partial charge in [0.25, 0.3) is 11.5 Å². The molecule has 0 spiro atoms. The molecule has 0 saturated carbocycles. The van der Waals surface area contributed by atoms with Gasteiger partial charge in [0.1, 0.15) is 29.8 Å². The van der Waals surface area contributed by atoms with Gasteiger partial charge in [0.2, 0.25) is 17.7 Å². The Morgan fingerprint density at radius 3 is 2.22 bits per heavy atom. The predicted molar refractivity (Wildman–Crippen MR) is 186 cm³/mol. The van der Waals surface area contributed by atoms with Crippen LogP contribution in [0.5, 0.6) is 0 Å². The number of amides is 4. The summed E-state index contributed by atoms with van der Waals surface area (Å²) >= 11 is 1.20. The van der Waals surface area contributed by atoms with Crippen molar-refractivity contribution >= 4 is 53.0 Å². The highest BCUT2D eigenvalue weighted by molar-refractivity contribution is 8.00. The Bertz CT molecular complexity index is 1980. The summed E-state index contributed by atoms with van der Waals surface area (Å²) in [5.74, 6) is -4.30. The van der Waals surface area contributed by atoms with Crippen molar-refractivity contribution in [2.75, 3.05) is 17.3 Å². The monoisotopic (exact) mass is 716 g/mol. The van der Waals surface area contributed by atoms with Crippen molar-refractivity contribution in [1.82, 2.24) is 14.8 Å². The van der Waals surface area contributed by atoms with Gasteiger partial charge in [0.15, 0.2) is 0 Å². The Morgan fingerprint density at radius 1 is 0.980 bits per heavy atom. The highest BCUT2D eigenvalue weighted by Gasteiger charge is 2.57. The molecular weight excluding hydrogens is 680 g/mol. The van der Waals surface area contributed by atoms with Gasteiger partial charge in [-0.1, -0.05) is 42.5 Å². The molecule has 1 aromatic heterocycles. The lowest BCUT2D eigenvalue weighted by Gasteiger charge is -2.53. The van der Waals surface area contributed by atoms with Crippen molar-refractivity contribution in [3.8, 4) is 11.3 Å². The molecule has 2 aliphatic heterocycles. The highest BCUT2D eigenvalue weighted by Crippen LogP contribution is 2.43. The molecule has 2 aromatic carbocycles. The van der Waals surface area contributed by atoms with Crippen LogP contribution in [0.4, 0.5) is 5.69 Å². The Hall–Kier alpha value is -5.58. The molecule has 4 atom stereocenters. The number of aromatic nitrogens is 1. The van der Waals surface area contributed by atoms with E-state index in [0.717, 1.165) is 9.80 Å². The number of aromatic amines is 1. The van der Waals surface area contributed by atoms with Gasteiger partial charge in [-0.05, 0) is 42.3 Å². The molecule has 3 aromatic rings. The number of carboxylic acid groups (broad SMARTS) is 1. The second kappa shape index (κ2) is 15.1. The zero-order chi connectivity index (χ0) is 37.1. The number of imide groups is 1. The number of fused-ring (bicyclic) bond motifs is 1. The molecule has 1 saturated heterocycles. The first-order valence-electron chi connectivity index (χ1n) is 15.8. The number of hydrogen-bond acceptors (Lipinski definition) is 11. The molecule has 2 aliphatic rings. The van der Waals surface area contributed by atoms with Gasteiger partial charge in [-0.15, -0.1) is 11.8 Å². The lowest BCUT2D eigenvalue weighted by molar-refractivity contribution is -0.161. The van der Waals surface area contributed by atoms with E-state index in [1.165, 1.54) is 43.5 Å². The van der Waals surface area contributed by atoms with Gasteiger partial charge >= 0.3 is 11.9 Å². The Labute approximate surface area is 296 Å². The molecule has 1 fully saturated rings. The predicted octanol–water partition coefficient (Wildman–Crippen LogP) is 1.48. The van der Waals surface area contributed by atoms with E-state index in [0.29, 0.717) is 22.5 Å². The van der Waals surface area contributed by atoms with Crippen molar-refractivity contribution in [2.45, 2.75) is 50.8 Å². The van der Waals surface area contributed by atoms with Crippen molar-refractivity contribution in [1.29, 1.82) is 0 Å². The largest absolute Gasteiger partial charge is 0.477 e. The summed E-state index contributed by atoms with van der Waals surface area (Å²) in [5.41, 5.74) is 13.3. The maximum Gasteiger partial charge on any atom is 0.352 e. The third kappa shape index (κ3) is 7.47. The lowest BCUT2D eigenvalue weighted by Crippen LogP contribution is -2.71. The van der Waals surface area contributed by atoms with Crippen LogP contribution in [0, 0.1) is 0 Å². The number of β-lactam (4-membered cyclic amide) rings is 1. The minimum absolute atomic E-state index is 0.115. The molecule has 0 bridgehead atoms. The van der Waals surface area contributed by atoms with Crippen LogP contribution >= 0.6 is 11.8 Å². The average Bonchev–Trinajstić information content (AvgIpc) is 3.10. The van der Waals surface area contributed by atoms with E-state index in [2.05, 4.69) is 4.98 Å². The van der Waals surface area contributed by atoms with E-state index in [1.807, 2.05) is 0 Å². The lowest BCUT2D eigenvalue weighted by atomic mass is 9.98. The highest BCUT2D eigenvalue weighted by atomic mass is 32.2. The molecular formula is C35H36N6O9S. The van der Waals surface area contributed by atoms with E-state index in [-0.39, 0.29) is 35.7 Å². The Balaban J connectivity index is 1.45. The summed E-state index contributed by atoms with van der Waals surface area (Å²) in [6.45, 7) is 3.27. The summed E-state index contributed by atoms with van der Waals surface area (Å²) in [4.78, 5) is 95.6. The zero-order valence-corrected chi connectivity index (χ0v) is 28.7. The van der Waals surface area contributed by atoms with Gasteiger partial charge in [-0.3, -0.25) is 33.7 Å². The van der Waals surface area contributed by atoms with Gasteiger partial charge < -0.3 is 31.2 Å². The van der Waals surface area contributed by atoms with Crippen LogP contribution < -0.4 is 21.9 Å². The van der Waals surface area contributed by atoms with E-state index >= 15 is 0 Å². The third-order valence-corrected chi connectivity index (χ3v) is 9.73. The molecule has 0 radical (unpaired) electrons. The number of benzene rings is 2. The van der Waals surface area contributed by atoms with Crippen LogP contribution in [-0.4, -0.2) is 85.3 Å². The maximum atomic E-state index is 14.0. The minimum atomic E-state index is -1.39. The van der Waals surface area contributed by atoms with Gasteiger partial charge in [-0.25, -0.2) is 9.69 Å². The number of H-pyrrole nitrogens is 1. The summed E-state index contributed by atoms with van der Waals surface area (Å²) in [5, 5.41) is 9.20. The molecule has 0 aliphatic carbocycles. The van der Waals surface area contributed by atoms with E-state index in [1.54, 1.807) is 60.7 Å². The third-order valence-electron chi connectivity index (χ3n) is 8.41. The van der Waals surface area contributed by atoms with Crippen molar-refractivity contribution in [2.24, 2.45) is 11.5 Å². The second-order valence-corrected chi connectivity index (χ2v) is 13.1. The van der Waals surface area contributed by atoms with E-state index < -0.39 is 64.6 Å². The number of ether oxygens (including phenoxy) is 1. The number of carbonyl (C=O) groups excluding carboxylic acids is 5. The average molecular weight is 717 g/mol. The first-order chi connectivity index (χ1) is 24.2. The Morgan fingerprint density at radius 2 is 1.65 bits per heavy atom. The molecule has 266 valence electrons. The molecule has 3 heterocycles. The SMILES string of the molecule is CC(=O)OCC1=C(C(=O)O)N2C(=O)C(N(Cc3ccc(-c4ccc(N(C(C)=O)C(=O)C(C)N)cc4)[nH]c3=O)C(=O)C(N)c3ccccc3)[C@@H]2SC1. The number of carboxylic acids is 1. The molecule has 4 amide bonds. The number of carbonyl (C=O) groups is 6. The standard InChI is InChI=1S/C35H36N6O9S/c1-18(36)31(45)40(19(2)42)25-12-9-21(10-13-25)26-14-11-23(30(44)38-26)15-39(32(46)27(37)22-7-5-4-6-8-22)29-33(47)41-28(35(48)49)24(16-50-20(3)43)17-51-34(29)41/h4-14,18,27,29,34H,15-17,36-37H2,1-3H3,(H,38,44)(H,48,49)/t18?,27?,29?,34-/m0/s1. The van der Waals surface area contributed by atoms with Crippen molar-refractivity contribution in [3.63, 3.8) is 0 Å². The molecule has 6 N–H and O–H groups in total. The van der Waals surface area contributed by atoms with Crippen LogP contribution in [0.1, 0.15) is 37.9 Å². The number of nitrogens with two attached hydrogens (primary N) is 2. The fourth-order valence-corrected chi connectivity index (χ4v) is 7.25. The molecule has 51 heavy (non-hydrogen) atoms. The van der Waals surface area contributed by atoms with Gasteiger partial charge in [0, 0.05) is 36.4 Å². The molecule has 5 rings (SSSR count). The number of esters is 1. The number of pyridine rings is 1. The first kappa shape index (κ1) is 36.7. The molecule has 15 nitrogen and oxygen atoms in total. The van der Waals surface area contributed by atoms with Crippen molar-refractivity contribution in [3.05, 3.63) is 99.5 Å². The van der Waals surface area contributed by atoms with Crippen LogP contribution in [0.15, 0.2) is 82.8 Å². The molecule has 16 heteroatoms. The number of hydrogen-bond donors (Lipinski definition) is 4. The fraction of sp³-hybridized carbons (Fsp3) is 0.286.